The van der Waals surface area contributed by atoms with Crippen LogP contribution in [0.3, 0.4) is 0 Å². The molecule has 0 N–H and O–H groups in total. The van der Waals surface area contributed by atoms with Crippen LogP contribution in [-0.2, 0) is 9.53 Å². The highest BCUT2D eigenvalue weighted by Crippen LogP contribution is 2.33. The van der Waals surface area contributed by atoms with Gasteiger partial charge in [-0.15, -0.1) is 0 Å². The maximum atomic E-state index is 12.5. The van der Waals surface area contributed by atoms with E-state index in [1.165, 1.54) is 0 Å². The summed E-state index contributed by atoms with van der Waals surface area (Å²) in [6.07, 6.45) is 1.23. The molecule has 0 saturated carbocycles. The van der Waals surface area contributed by atoms with Crippen molar-refractivity contribution in [1.29, 1.82) is 0 Å². The monoisotopic (exact) mass is 305 g/mol. The zero-order chi connectivity index (χ0) is 13.0. The third kappa shape index (κ3) is 3.44. The van der Waals surface area contributed by atoms with Crippen molar-refractivity contribution in [2.45, 2.75) is 46.3 Å². The molecule has 3 nitrogen and oxygen atoms in total. The van der Waals surface area contributed by atoms with Crippen molar-refractivity contribution < 1.29 is 9.53 Å². The second-order valence-corrected chi connectivity index (χ2v) is 5.74. The minimum Gasteiger partial charge on any atom is -0.374 e. The number of rotatable bonds is 5. The molecule has 4 unspecified atom stereocenters. The Morgan fingerprint density at radius 3 is 2.29 bits per heavy atom. The molecule has 0 bridgehead atoms. The van der Waals surface area contributed by atoms with Crippen molar-refractivity contribution >= 4 is 21.8 Å². The molecule has 1 aliphatic rings. The summed E-state index contributed by atoms with van der Waals surface area (Å²) in [4.78, 5) is 14.5. The number of amides is 1. The van der Waals surface area contributed by atoms with Gasteiger partial charge in [0.25, 0.3) is 0 Å². The van der Waals surface area contributed by atoms with E-state index < -0.39 is 0 Å². The summed E-state index contributed by atoms with van der Waals surface area (Å²) in [5.41, 5.74) is 0. The van der Waals surface area contributed by atoms with Crippen LogP contribution in [0.4, 0.5) is 0 Å². The first-order valence-electron chi connectivity index (χ1n) is 6.53. The minimum absolute atomic E-state index is 0.0237. The van der Waals surface area contributed by atoms with Crippen LogP contribution in [-0.4, -0.2) is 41.4 Å². The third-order valence-corrected chi connectivity index (χ3v) is 4.04. The summed E-state index contributed by atoms with van der Waals surface area (Å²) in [5.74, 6) is 0.596. The van der Waals surface area contributed by atoms with Crippen LogP contribution in [0.15, 0.2) is 0 Å². The predicted molar refractivity (Wildman–Crippen MR) is 73.3 cm³/mol. The number of halogens is 1. The van der Waals surface area contributed by atoms with Gasteiger partial charge in [0.05, 0.1) is 18.1 Å². The normalized spacial score (nSPS) is 32.8. The molecule has 1 amide bonds. The third-order valence-electron chi connectivity index (χ3n) is 3.69. The molecule has 1 fully saturated rings. The molecule has 100 valence electrons. The predicted octanol–water partition coefficient (Wildman–Crippen LogP) is 2.68. The van der Waals surface area contributed by atoms with E-state index in [-0.39, 0.29) is 24.0 Å². The molecule has 1 aliphatic heterocycles. The Bertz CT molecular complexity index is 254. The minimum atomic E-state index is 0.0237. The van der Waals surface area contributed by atoms with Gasteiger partial charge in [-0.2, -0.15) is 0 Å². The number of carbonyl (C=O) groups is 1. The Balaban J connectivity index is 2.72. The lowest BCUT2D eigenvalue weighted by atomic mass is 9.88. The quantitative estimate of drug-likeness (QED) is 0.731. The highest BCUT2D eigenvalue weighted by atomic mass is 79.9. The Labute approximate surface area is 113 Å². The Morgan fingerprint density at radius 1 is 1.24 bits per heavy atom. The SMILES string of the molecule is CCCN(CCBr)C(=O)C1C(C)OC(C)C1C. The molecule has 1 saturated heterocycles. The zero-order valence-electron chi connectivity index (χ0n) is 11.3. The topological polar surface area (TPSA) is 29.5 Å². The molecule has 1 rings (SSSR count). The van der Waals surface area contributed by atoms with Crippen LogP contribution in [0.1, 0.15) is 34.1 Å². The summed E-state index contributed by atoms with van der Waals surface area (Å²) in [6, 6.07) is 0. The van der Waals surface area contributed by atoms with Crippen LogP contribution in [0.25, 0.3) is 0 Å². The first-order chi connectivity index (χ1) is 8.02. The average Bonchev–Trinajstić information content (AvgIpc) is 2.52. The van der Waals surface area contributed by atoms with E-state index in [2.05, 4.69) is 36.7 Å². The summed E-state index contributed by atoms with van der Waals surface area (Å²) in [7, 11) is 0. The van der Waals surface area contributed by atoms with Gasteiger partial charge in [0.15, 0.2) is 0 Å². The number of alkyl halides is 1. The molecule has 0 aromatic rings. The fraction of sp³-hybridized carbons (Fsp3) is 0.923. The Morgan fingerprint density at radius 2 is 1.88 bits per heavy atom. The van der Waals surface area contributed by atoms with Gasteiger partial charge < -0.3 is 9.64 Å². The van der Waals surface area contributed by atoms with Crippen LogP contribution >= 0.6 is 15.9 Å². The van der Waals surface area contributed by atoms with Crippen molar-refractivity contribution in [1.82, 2.24) is 4.90 Å². The van der Waals surface area contributed by atoms with Gasteiger partial charge in [-0.25, -0.2) is 0 Å². The molecule has 17 heavy (non-hydrogen) atoms. The van der Waals surface area contributed by atoms with Gasteiger partial charge in [-0.1, -0.05) is 29.8 Å². The van der Waals surface area contributed by atoms with Gasteiger partial charge in [0.1, 0.15) is 0 Å². The molecular formula is C13H24BrNO2. The van der Waals surface area contributed by atoms with E-state index in [1.807, 2.05) is 11.8 Å². The largest absolute Gasteiger partial charge is 0.374 e. The van der Waals surface area contributed by atoms with Gasteiger partial charge >= 0.3 is 0 Å². The van der Waals surface area contributed by atoms with E-state index >= 15 is 0 Å². The average molecular weight is 306 g/mol. The lowest BCUT2D eigenvalue weighted by Crippen LogP contribution is -2.42. The highest BCUT2D eigenvalue weighted by Gasteiger charge is 2.42. The summed E-state index contributed by atoms with van der Waals surface area (Å²) >= 11 is 3.41. The standard InChI is InChI=1S/C13H24BrNO2/c1-5-7-15(8-6-14)13(16)12-9(2)10(3)17-11(12)4/h9-12H,5-8H2,1-4H3. The van der Waals surface area contributed by atoms with Crippen molar-refractivity contribution in [3.63, 3.8) is 0 Å². The molecule has 4 atom stereocenters. The molecule has 0 aromatic carbocycles. The van der Waals surface area contributed by atoms with E-state index in [9.17, 15) is 4.79 Å². The molecule has 0 radical (unpaired) electrons. The molecule has 0 spiro atoms. The van der Waals surface area contributed by atoms with E-state index in [0.29, 0.717) is 5.92 Å². The van der Waals surface area contributed by atoms with E-state index in [1.54, 1.807) is 0 Å². The number of hydrogen-bond donors (Lipinski definition) is 0. The number of carbonyl (C=O) groups excluding carboxylic acids is 1. The van der Waals surface area contributed by atoms with Crippen LogP contribution in [0.2, 0.25) is 0 Å². The maximum absolute atomic E-state index is 12.5. The fourth-order valence-corrected chi connectivity index (χ4v) is 3.04. The maximum Gasteiger partial charge on any atom is 0.228 e. The second-order valence-electron chi connectivity index (χ2n) is 4.95. The second kappa shape index (κ2) is 6.74. The number of nitrogens with zero attached hydrogens (tertiary/aromatic N) is 1. The number of ether oxygens (including phenoxy) is 1. The molecule has 0 aliphatic carbocycles. The van der Waals surface area contributed by atoms with Crippen molar-refractivity contribution in [2.75, 3.05) is 18.4 Å². The van der Waals surface area contributed by atoms with Gasteiger partial charge in [-0.3, -0.25) is 4.79 Å². The van der Waals surface area contributed by atoms with Gasteiger partial charge in [-0.05, 0) is 26.2 Å². The van der Waals surface area contributed by atoms with E-state index in [4.69, 9.17) is 4.74 Å². The van der Waals surface area contributed by atoms with Crippen molar-refractivity contribution in [3.05, 3.63) is 0 Å². The molecule has 0 aromatic heterocycles. The summed E-state index contributed by atoms with van der Waals surface area (Å²) in [6.45, 7) is 9.93. The van der Waals surface area contributed by atoms with Crippen LogP contribution < -0.4 is 0 Å². The lowest BCUT2D eigenvalue weighted by Gasteiger charge is -2.27. The summed E-state index contributed by atoms with van der Waals surface area (Å²) in [5, 5.41) is 0.838. The zero-order valence-corrected chi connectivity index (χ0v) is 12.9. The van der Waals surface area contributed by atoms with Gasteiger partial charge in [0.2, 0.25) is 5.91 Å². The Kier molecular flexibility index (Phi) is 5.93. The smallest absolute Gasteiger partial charge is 0.228 e. The first kappa shape index (κ1) is 15.0. The van der Waals surface area contributed by atoms with Crippen LogP contribution in [0.5, 0.6) is 0 Å². The molecule has 1 heterocycles. The van der Waals surface area contributed by atoms with Crippen molar-refractivity contribution in [3.8, 4) is 0 Å². The van der Waals surface area contributed by atoms with Crippen LogP contribution in [0, 0.1) is 11.8 Å². The summed E-state index contributed by atoms with van der Waals surface area (Å²) < 4.78 is 5.75. The first-order valence-corrected chi connectivity index (χ1v) is 7.65. The van der Waals surface area contributed by atoms with E-state index in [0.717, 1.165) is 24.8 Å². The lowest BCUT2D eigenvalue weighted by molar-refractivity contribution is -0.137. The van der Waals surface area contributed by atoms with Gasteiger partial charge in [0, 0.05) is 18.4 Å². The Hall–Kier alpha value is -0.0900. The van der Waals surface area contributed by atoms with Crippen molar-refractivity contribution in [2.24, 2.45) is 11.8 Å². The molecular weight excluding hydrogens is 282 g/mol. The number of hydrogen-bond acceptors (Lipinski definition) is 2. The highest BCUT2D eigenvalue weighted by molar-refractivity contribution is 9.09. The molecule has 4 heteroatoms. The fourth-order valence-electron chi connectivity index (χ4n) is 2.61.